The van der Waals surface area contributed by atoms with Gasteiger partial charge in [-0.15, -0.1) is 0 Å². The quantitative estimate of drug-likeness (QED) is 0.0943. The average Bonchev–Trinajstić information content (AvgIpc) is 3.52. The van der Waals surface area contributed by atoms with E-state index in [1.54, 1.807) is 6.92 Å². The predicted octanol–water partition coefficient (Wildman–Crippen LogP) is 5.89. The van der Waals surface area contributed by atoms with Crippen molar-refractivity contribution in [3.05, 3.63) is 72.3 Å². The highest BCUT2D eigenvalue weighted by Gasteiger charge is 2.53. The van der Waals surface area contributed by atoms with Crippen LogP contribution in [0.1, 0.15) is 73.1 Å². The van der Waals surface area contributed by atoms with Crippen LogP contribution in [0.4, 0.5) is 4.79 Å². The Hall–Kier alpha value is -3.23. The van der Waals surface area contributed by atoms with Crippen molar-refractivity contribution in [3.8, 4) is 0 Å². The van der Waals surface area contributed by atoms with Gasteiger partial charge in [-0.3, -0.25) is 9.59 Å². The summed E-state index contributed by atoms with van der Waals surface area (Å²) in [5.41, 5.74) is -0.610. The summed E-state index contributed by atoms with van der Waals surface area (Å²) in [6.07, 6.45) is 4.11. The second-order valence-electron chi connectivity index (χ2n) is 12.6. The van der Waals surface area contributed by atoms with Crippen LogP contribution in [0.5, 0.6) is 0 Å². The third kappa shape index (κ3) is 6.55. The summed E-state index contributed by atoms with van der Waals surface area (Å²) >= 11 is 0. The van der Waals surface area contributed by atoms with Crippen molar-refractivity contribution in [1.29, 1.82) is 0 Å². The van der Waals surface area contributed by atoms with Crippen LogP contribution < -0.4 is 10.4 Å². The highest BCUT2D eigenvalue weighted by atomic mass is 28.4. The van der Waals surface area contributed by atoms with Crippen LogP contribution >= 0.6 is 0 Å². The number of ketones is 1. The summed E-state index contributed by atoms with van der Waals surface area (Å²) in [5.74, 6) is -0.693. The lowest BCUT2D eigenvalue weighted by Gasteiger charge is -2.43. The first kappa shape index (κ1) is 31.7. The lowest BCUT2D eigenvalue weighted by molar-refractivity contribution is -0.145. The van der Waals surface area contributed by atoms with Crippen molar-refractivity contribution in [2.45, 2.75) is 83.8 Å². The van der Waals surface area contributed by atoms with Crippen LogP contribution in [-0.4, -0.2) is 51.6 Å². The van der Waals surface area contributed by atoms with Gasteiger partial charge in [0.15, 0.2) is 5.60 Å². The topological polar surface area (TPSA) is 88.1 Å². The number of cyclic esters (lactones) is 2. The van der Waals surface area contributed by atoms with Gasteiger partial charge in [0.05, 0.1) is 6.61 Å². The Labute approximate surface area is 250 Å². The Morgan fingerprint density at radius 2 is 1.62 bits per heavy atom. The van der Waals surface area contributed by atoms with Gasteiger partial charge in [-0.05, 0) is 60.5 Å². The molecule has 4 rings (SSSR count). The molecule has 0 bridgehead atoms. The summed E-state index contributed by atoms with van der Waals surface area (Å²) in [5, 5.41) is 2.28. The predicted molar refractivity (Wildman–Crippen MR) is 164 cm³/mol. The number of benzene rings is 2. The molecule has 42 heavy (non-hydrogen) atoms. The van der Waals surface area contributed by atoms with E-state index in [1.807, 2.05) is 19.1 Å². The van der Waals surface area contributed by atoms with Crippen LogP contribution in [0.2, 0.25) is 5.04 Å². The van der Waals surface area contributed by atoms with Crippen LogP contribution in [0, 0.1) is 5.41 Å². The first-order valence-corrected chi connectivity index (χ1v) is 16.9. The van der Waals surface area contributed by atoms with E-state index in [4.69, 9.17) is 18.6 Å². The van der Waals surface area contributed by atoms with Crippen molar-refractivity contribution in [3.63, 3.8) is 0 Å². The molecule has 7 nitrogen and oxygen atoms in total. The van der Waals surface area contributed by atoms with E-state index in [-0.39, 0.29) is 36.9 Å². The fraction of sp³-hybridized carbons (Fsp3) is 0.500. The molecule has 8 heteroatoms. The maximum absolute atomic E-state index is 13.2. The number of carbonyl (C=O) groups excluding carboxylic acids is 3. The van der Waals surface area contributed by atoms with E-state index in [0.29, 0.717) is 19.4 Å². The van der Waals surface area contributed by atoms with Gasteiger partial charge in [-0.1, -0.05) is 87.5 Å². The fourth-order valence-electron chi connectivity index (χ4n) is 6.94. The minimum Gasteiger partial charge on any atom is -0.466 e. The zero-order valence-electron chi connectivity index (χ0n) is 25.6. The molecule has 2 aromatic carbocycles. The molecule has 226 valence electrons. The molecule has 2 aromatic rings. The number of ether oxygens (including phenoxy) is 3. The van der Waals surface area contributed by atoms with Crippen molar-refractivity contribution in [2.24, 2.45) is 5.41 Å². The van der Waals surface area contributed by atoms with E-state index >= 15 is 0 Å². The maximum Gasteiger partial charge on any atom is 0.509 e. The third-order valence-electron chi connectivity index (χ3n) is 8.60. The van der Waals surface area contributed by atoms with Crippen LogP contribution in [0.25, 0.3) is 0 Å². The molecule has 0 radical (unpaired) electrons. The van der Waals surface area contributed by atoms with Crippen LogP contribution in [0.3, 0.4) is 0 Å². The summed E-state index contributed by atoms with van der Waals surface area (Å²) in [7, 11) is -2.71. The van der Waals surface area contributed by atoms with Crippen LogP contribution in [0.15, 0.2) is 72.3 Å². The number of hydrogen-bond acceptors (Lipinski definition) is 7. The molecule has 1 fully saturated rings. The second kappa shape index (κ2) is 13.0. The summed E-state index contributed by atoms with van der Waals surface area (Å²) in [6.45, 7) is 11.2. The molecule has 0 N–H and O–H groups in total. The number of esters is 1. The zero-order valence-corrected chi connectivity index (χ0v) is 26.6. The summed E-state index contributed by atoms with van der Waals surface area (Å²) < 4.78 is 23.0. The molecule has 1 aliphatic heterocycles. The van der Waals surface area contributed by atoms with E-state index in [0.717, 1.165) is 18.4 Å². The number of rotatable bonds is 13. The smallest absolute Gasteiger partial charge is 0.466 e. The maximum atomic E-state index is 13.2. The lowest BCUT2D eigenvalue weighted by Crippen LogP contribution is -2.66. The molecule has 0 saturated carbocycles. The molecule has 0 unspecified atom stereocenters. The van der Waals surface area contributed by atoms with Crippen molar-refractivity contribution >= 4 is 36.6 Å². The standard InChI is InChI=1S/C34H44O7Si/c1-6-38-30(36)23-26(35)24-34(20-13-19-29(34)33(5)25-39-31(37)41-33)21-14-22-40-42(32(2,3)4,27-15-9-7-10-16-27)28-17-11-8-12-18-28/h7-12,15-19H,6,13-14,20-25H2,1-5H3/t33-,34-/m0/s1. The Bertz CT molecular complexity index is 1240. The normalized spacial score (nSPS) is 22.3. The number of carbonyl (C=O) groups is 3. The lowest BCUT2D eigenvalue weighted by atomic mass is 9.68. The van der Waals surface area contributed by atoms with Crippen molar-refractivity contribution in [2.75, 3.05) is 19.8 Å². The van der Waals surface area contributed by atoms with Gasteiger partial charge >= 0.3 is 12.1 Å². The molecule has 1 aliphatic carbocycles. The number of Topliss-reactive ketones (excluding diaryl/α,β-unsaturated/α-hetero) is 1. The van der Waals surface area contributed by atoms with E-state index < -0.39 is 31.5 Å². The monoisotopic (exact) mass is 592 g/mol. The minimum absolute atomic E-state index is 0.101. The summed E-state index contributed by atoms with van der Waals surface area (Å²) in [4.78, 5) is 37.4. The van der Waals surface area contributed by atoms with Crippen molar-refractivity contribution in [1.82, 2.24) is 0 Å². The summed E-state index contributed by atoms with van der Waals surface area (Å²) in [6, 6.07) is 21.0. The Morgan fingerprint density at radius 1 is 1.00 bits per heavy atom. The molecule has 0 amide bonds. The molecule has 1 saturated heterocycles. The van der Waals surface area contributed by atoms with E-state index in [1.165, 1.54) is 10.4 Å². The molecular weight excluding hydrogens is 548 g/mol. The average molecular weight is 593 g/mol. The first-order valence-electron chi connectivity index (χ1n) is 14.9. The van der Waals surface area contributed by atoms with Gasteiger partial charge in [-0.2, -0.15) is 0 Å². The SMILES string of the molecule is CCOC(=O)CC(=O)C[C@@]1(CCCO[Si](c2ccccc2)(c2ccccc2)C(C)(C)C)CCC=C1[C@]1(C)COC(=O)O1. The largest absolute Gasteiger partial charge is 0.509 e. The Balaban J connectivity index is 1.60. The molecule has 0 aromatic heterocycles. The van der Waals surface area contributed by atoms with Gasteiger partial charge < -0.3 is 18.6 Å². The fourth-order valence-corrected chi connectivity index (χ4v) is 11.5. The highest BCUT2D eigenvalue weighted by Crippen LogP contribution is 2.52. The van der Waals surface area contributed by atoms with Gasteiger partial charge in [0.25, 0.3) is 8.32 Å². The zero-order chi connectivity index (χ0) is 30.4. The molecule has 1 heterocycles. The minimum atomic E-state index is -2.71. The van der Waals surface area contributed by atoms with Gasteiger partial charge in [0.1, 0.15) is 18.8 Å². The first-order chi connectivity index (χ1) is 20.0. The van der Waals surface area contributed by atoms with Gasteiger partial charge in [-0.25, -0.2) is 4.79 Å². The Kier molecular flexibility index (Phi) is 9.78. The Morgan fingerprint density at radius 3 is 2.14 bits per heavy atom. The van der Waals surface area contributed by atoms with E-state index in [9.17, 15) is 14.4 Å². The second-order valence-corrected chi connectivity index (χ2v) is 16.9. The number of hydrogen-bond donors (Lipinski definition) is 0. The molecule has 2 atom stereocenters. The van der Waals surface area contributed by atoms with Crippen molar-refractivity contribution < 1.29 is 33.0 Å². The highest BCUT2D eigenvalue weighted by molar-refractivity contribution is 6.99. The molecule has 0 spiro atoms. The molecular formula is C34H44O7Si. The van der Waals surface area contributed by atoms with Gasteiger partial charge in [0.2, 0.25) is 0 Å². The third-order valence-corrected chi connectivity index (χ3v) is 13.6. The van der Waals surface area contributed by atoms with Crippen LogP contribution in [-0.2, 0) is 28.2 Å². The van der Waals surface area contributed by atoms with E-state index in [2.05, 4.69) is 75.4 Å². The molecule has 2 aliphatic rings. The number of allylic oxidation sites excluding steroid dienone is 1. The van der Waals surface area contributed by atoms with Gasteiger partial charge in [0, 0.05) is 18.4 Å².